The van der Waals surface area contributed by atoms with Gasteiger partial charge in [-0.05, 0) is 42.1 Å². The lowest BCUT2D eigenvalue weighted by atomic mass is 10.1. The molecule has 0 bridgehead atoms. The fourth-order valence-corrected chi connectivity index (χ4v) is 6.74. The summed E-state index contributed by atoms with van der Waals surface area (Å²) in [5, 5.41) is 5.97. The fraction of sp³-hybridized carbons (Fsp3) is 0.250. The molecule has 0 radical (unpaired) electrons. The first kappa shape index (κ1) is 16.8. The summed E-state index contributed by atoms with van der Waals surface area (Å²) in [6.45, 7) is 0. The minimum atomic E-state index is -0.459. The highest BCUT2D eigenvalue weighted by atomic mass is 32.2. The van der Waals surface area contributed by atoms with Crippen LogP contribution in [0.15, 0.2) is 54.0 Å². The van der Waals surface area contributed by atoms with Crippen molar-refractivity contribution < 1.29 is 9.59 Å². The summed E-state index contributed by atoms with van der Waals surface area (Å²) in [5.74, 6) is 0.541. The first-order valence-electron chi connectivity index (χ1n) is 8.84. The number of thioether (sulfide) groups is 1. The van der Waals surface area contributed by atoms with Gasteiger partial charge in [0.25, 0.3) is 0 Å². The van der Waals surface area contributed by atoms with Crippen LogP contribution in [0.3, 0.4) is 0 Å². The van der Waals surface area contributed by atoms with Crippen LogP contribution >= 0.6 is 23.1 Å². The molecule has 1 N–H and O–H groups in total. The molecule has 3 aromatic rings. The minimum Gasteiger partial charge on any atom is -0.324 e. The zero-order valence-corrected chi connectivity index (χ0v) is 16.1. The maximum Gasteiger partial charge on any atom is 0.248 e. The highest BCUT2D eigenvalue weighted by molar-refractivity contribution is 8.00. The molecule has 2 aliphatic heterocycles. The number of fused-ring (bicyclic) bond motifs is 2. The number of rotatable bonds is 3. The Kier molecular flexibility index (Phi) is 3.94. The van der Waals surface area contributed by atoms with Gasteiger partial charge in [0.2, 0.25) is 11.8 Å². The Bertz CT molecular complexity index is 1030. The van der Waals surface area contributed by atoms with Crippen LogP contribution in [0.5, 0.6) is 0 Å². The molecule has 0 spiro atoms. The number of thiophene rings is 1. The van der Waals surface area contributed by atoms with E-state index < -0.39 is 6.04 Å². The molecular weight excluding hydrogens is 378 g/mol. The molecule has 136 valence electrons. The van der Waals surface area contributed by atoms with E-state index in [1.807, 2.05) is 46.7 Å². The number of amides is 2. The average molecular weight is 396 g/mol. The number of carbonyl (C=O) groups excluding carboxylic acids is 2. The Morgan fingerprint density at radius 3 is 3.00 bits per heavy atom. The summed E-state index contributed by atoms with van der Waals surface area (Å²) in [4.78, 5) is 32.7. The monoisotopic (exact) mass is 395 g/mol. The van der Waals surface area contributed by atoms with Crippen LogP contribution in [0.4, 0.5) is 5.69 Å². The van der Waals surface area contributed by atoms with Crippen LogP contribution in [0.1, 0.15) is 17.7 Å². The van der Waals surface area contributed by atoms with Gasteiger partial charge < -0.3 is 10.2 Å². The topological polar surface area (TPSA) is 62.3 Å². The Labute approximate surface area is 164 Å². The van der Waals surface area contributed by atoms with Gasteiger partial charge in [-0.2, -0.15) is 0 Å². The van der Waals surface area contributed by atoms with Gasteiger partial charge in [-0.3, -0.25) is 14.6 Å². The molecule has 2 amide bonds. The molecular formula is C20H17N3O2S2. The van der Waals surface area contributed by atoms with Crippen molar-refractivity contribution in [1.29, 1.82) is 0 Å². The van der Waals surface area contributed by atoms with Gasteiger partial charge in [0.1, 0.15) is 10.9 Å². The number of nitrogens with one attached hydrogen (secondary N) is 1. The van der Waals surface area contributed by atoms with Crippen molar-refractivity contribution in [3.63, 3.8) is 0 Å². The van der Waals surface area contributed by atoms with E-state index in [2.05, 4.69) is 16.4 Å². The second-order valence-electron chi connectivity index (χ2n) is 6.72. The summed E-state index contributed by atoms with van der Waals surface area (Å²) in [7, 11) is 0. The van der Waals surface area contributed by atoms with Crippen LogP contribution < -0.4 is 5.32 Å². The largest absolute Gasteiger partial charge is 0.324 e. The standard InChI is InChI=1S/C20H17N3O2S2/c24-18-8-9-20(17-7-3-11-26-17)23(18)16(12-27-20)19(25)22-15-6-1-5-14-13(15)4-2-10-21-14/h1-7,10-11,16H,8-9,12H2,(H,22,25)/t16-,20-/m0/s1. The Morgan fingerprint density at radius 1 is 1.22 bits per heavy atom. The quantitative estimate of drug-likeness (QED) is 0.732. The predicted octanol–water partition coefficient (Wildman–Crippen LogP) is 3.83. The second-order valence-corrected chi connectivity index (χ2v) is 8.96. The number of aromatic nitrogens is 1. The third-order valence-corrected chi connectivity index (χ3v) is 7.97. The molecule has 1 aromatic carbocycles. The van der Waals surface area contributed by atoms with E-state index in [0.29, 0.717) is 12.2 Å². The lowest BCUT2D eigenvalue weighted by Crippen LogP contribution is -2.47. The van der Waals surface area contributed by atoms with E-state index in [-0.39, 0.29) is 16.7 Å². The zero-order valence-electron chi connectivity index (χ0n) is 14.4. The van der Waals surface area contributed by atoms with E-state index in [9.17, 15) is 9.59 Å². The molecule has 0 saturated carbocycles. The number of pyridine rings is 1. The summed E-state index contributed by atoms with van der Waals surface area (Å²) in [5.41, 5.74) is 1.57. The first-order chi connectivity index (χ1) is 13.2. The van der Waals surface area contributed by atoms with E-state index >= 15 is 0 Å². The van der Waals surface area contributed by atoms with E-state index in [0.717, 1.165) is 27.9 Å². The summed E-state index contributed by atoms with van der Waals surface area (Å²) in [6.07, 6.45) is 2.99. The SMILES string of the molecule is O=C(Nc1cccc2ncccc12)[C@@H]1CS[C@]2(c3cccs3)CCC(=O)N12. The smallest absolute Gasteiger partial charge is 0.248 e. The number of carbonyl (C=O) groups is 2. The Hall–Kier alpha value is -2.38. The highest BCUT2D eigenvalue weighted by Crippen LogP contribution is 2.55. The van der Waals surface area contributed by atoms with Crippen molar-refractivity contribution >= 4 is 51.5 Å². The minimum absolute atomic E-state index is 0.0631. The molecule has 2 saturated heterocycles. The van der Waals surface area contributed by atoms with Gasteiger partial charge in [-0.1, -0.05) is 12.1 Å². The van der Waals surface area contributed by atoms with E-state index in [1.54, 1.807) is 29.3 Å². The summed E-state index contributed by atoms with van der Waals surface area (Å²) >= 11 is 3.37. The van der Waals surface area contributed by atoms with E-state index in [1.165, 1.54) is 0 Å². The Morgan fingerprint density at radius 2 is 2.15 bits per heavy atom. The predicted molar refractivity (Wildman–Crippen MR) is 109 cm³/mol. The van der Waals surface area contributed by atoms with Crippen molar-refractivity contribution in [2.24, 2.45) is 0 Å². The average Bonchev–Trinajstić information content (AvgIpc) is 3.40. The van der Waals surface area contributed by atoms with Crippen LogP contribution in [0.2, 0.25) is 0 Å². The molecule has 5 nitrogen and oxygen atoms in total. The molecule has 2 fully saturated rings. The number of hydrogen-bond donors (Lipinski definition) is 1. The summed E-state index contributed by atoms with van der Waals surface area (Å²) < 4.78 is 0. The van der Waals surface area contributed by atoms with Crippen molar-refractivity contribution in [1.82, 2.24) is 9.88 Å². The summed E-state index contributed by atoms with van der Waals surface area (Å²) in [6, 6.07) is 13.1. The second kappa shape index (κ2) is 6.35. The molecule has 0 unspecified atom stereocenters. The zero-order chi connectivity index (χ0) is 18.4. The number of nitrogens with zero attached hydrogens (tertiary/aromatic N) is 2. The van der Waals surface area contributed by atoms with Crippen LogP contribution in [0.25, 0.3) is 10.9 Å². The van der Waals surface area contributed by atoms with Crippen LogP contribution in [-0.2, 0) is 14.5 Å². The van der Waals surface area contributed by atoms with Crippen molar-refractivity contribution in [2.45, 2.75) is 23.8 Å². The molecule has 27 heavy (non-hydrogen) atoms. The maximum atomic E-state index is 13.1. The highest BCUT2D eigenvalue weighted by Gasteiger charge is 2.57. The van der Waals surface area contributed by atoms with Gasteiger partial charge >= 0.3 is 0 Å². The third kappa shape index (κ3) is 2.56. The molecule has 0 aliphatic carbocycles. The number of hydrogen-bond acceptors (Lipinski definition) is 5. The van der Waals surface area contributed by atoms with Crippen LogP contribution in [-0.4, -0.2) is 33.5 Å². The van der Waals surface area contributed by atoms with Crippen molar-refractivity contribution in [3.05, 3.63) is 58.9 Å². The van der Waals surface area contributed by atoms with Gasteiger partial charge in [-0.15, -0.1) is 23.1 Å². The molecule has 2 aromatic heterocycles. The normalized spacial score (nSPS) is 24.4. The maximum absolute atomic E-state index is 13.1. The van der Waals surface area contributed by atoms with Gasteiger partial charge in [-0.25, -0.2) is 0 Å². The first-order valence-corrected chi connectivity index (χ1v) is 10.7. The fourth-order valence-electron chi connectivity index (χ4n) is 4.01. The molecule has 2 aliphatic rings. The molecule has 7 heteroatoms. The van der Waals surface area contributed by atoms with E-state index in [4.69, 9.17) is 0 Å². The van der Waals surface area contributed by atoms with Crippen molar-refractivity contribution in [3.8, 4) is 0 Å². The lowest BCUT2D eigenvalue weighted by molar-refractivity contribution is -0.136. The molecule has 4 heterocycles. The third-order valence-electron chi connectivity index (χ3n) is 5.24. The molecule has 5 rings (SSSR count). The number of benzene rings is 1. The van der Waals surface area contributed by atoms with Crippen LogP contribution in [0, 0.1) is 0 Å². The number of anilines is 1. The van der Waals surface area contributed by atoms with Gasteiger partial charge in [0.05, 0.1) is 11.2 Å². The van der Waals surface area contributed by atoms with Gasteiger partial charge in [0, 0.05) is 28.6 Å². The Balaban J connectivity index is 1.46. The lowest BCUT2D eigenvalue weighted by Gasteiger charge is -2.32. The van der Waals surface area contributed by atoms with Crippen molar-refractivity contribution in [2.75, 3.05) is 11.1 Å². The van der Waals surface area contributed by atoms with Gasteiger partial charge in [0.15, 0.2) is 0 Å². The molecule has 2 atom stereocenters.